The van der Waals surface area contributed by atoms with E-state index in [1.807, 2.05) is 28.9 Å². The Labute approximate surface area is 164 Å². The monoisotopic (exact) mass is 381 g/mol. The molecular weight excluding hydrogens is 356 g/mol. The lowest BCUT2D eigenvalue weighted by Gasteiger charge is -2.25. The van der Waals surface area contributed by atoms with E-state index in [-0.39, 0.29) is 0 Å². The predicted octanol–water partition coefficient (Wildman–Crippen LogP) is 2.71. The molecule has 140 valence electrons. The van der Waals surface area contributed by atoms with Gasteiger partial charge in [-0.3, -0.25) is 0 Å². The Morgan fingerprint density at radius 1 is 1.11 bits per heavy atom. The molecule has 0 saturated carbocycles. The van der Waals surface area contributed by atoms with Crippen molar-refractivity contribution in [2.24, 2.45) is 0 Å². The third kappa shape index (κ3) is 3.55. The van der Waals surface area contributed by atoms with Crippen LogP contribution >= 0.6 is 12.2 Å². The van der Waals surface area contributed by atoms with Gasteiger partial charge in [0.05, 0.1) is 13.7 Å². The highest BCUT2D eigenvalue weighted by Crippen LogP contribution is 2.21. The molecule has 1 N–H and O–H groups in total. The fourth-order valence-corrected chi connectivity index (χ4v) is 4.09. The molecule has 3 aromatic rings. The van der Waals surface area contributed by atoms with Crippen LogP contribution in [-0.4, -0.2) is 28.0 Å². The summed E-state index contributed by atoms with van der Waals surface area (Å²) < 4.78 is 10.1. The van der Waals surface area contributed by atoms with Crippen molar-refractivity contribution in [3.8, 4) is 17.1 Å². The van der Waals surface area contributed by atoms with Gasteiger partial charge in [0.1, 0.15) is 12.3 Å². The third-order valence-electron chi connectivity index (χ3n) is 5.27. The topological polar surface area (TPSA) is 36.4 Å². The van der Waals surface area contributed by atoms with Crippen molar-refractivity contribution in [2.75, 3.05) is 13.7 Å². The highest BCUT2D eigenvalue weighted by atomic mass is 32.1. The lowest BCUT2D eigenvalue weighted by molar-refractivity contribution is -0.939. The fourth-order valence-electron chi connectivity index (χ4n) is 3.77. The number of methoxy groups -OCH3 is 1. The van der Waals surface area contributed by atoms with Gasteiger partial charge < -0.3 is 14.2 Å². The second-order valence-corrected chi connectivity index (χ2v) is 7.30. The van der Waals surface area contributed by atoms with E-state index in [9.17, 15) is 0 Å². The van der Waals surface area contributed by atoms with E-state index >= 15 is 0 Å². The molecule has 2 heterocycles. The van der Waals surface area contributed by atoms with E-state index in [4.69, 9.17) is 22.1 Å². The molecule has 0 amide bonds. The average molecular weight is 382 g/mol. The molecular formula is C21H25N4OS+. The molecule has 1 aliphatic rings. The maximum Gasteiger partial charge on any atom is 0.203 e. The third-order valence-corrected chi connectivity index (χ3v) is 5.70. The van der Waals surface area contributed by atoms with Crippen LogP contribution in [0.3, 0.4) is 0 Å². The standard InChI is InChI=1S/C21H24N4OS/c1-3-24-20(17-8-10-19(26-2)11-9-17)22-25(21(24)27)15-23-13-12-16-6-4-5-7-18(16)14-23/h4-11H,3,12-15H2,1-2H3/p+1. The highest BCUT2D eigenvalue weighted by Gasteiger charge is 2.21. The summed E-state index contributed by atoms with van der Waals surface area (Å²) in [5, 5.41) is 4.87. The van der Waals surface area contributed by atoms with E-state index in [2.05, 4.69) is 35.8 Å². The number of rotatable bonds is 5. The average Bonchev–Trinajstić information content (AvgIpc) is 3.03. The van der Waals surface area contributed by atoms with Crippen LogP contribution in [0.1, 0.15) is 18.1 Å². The maximum atomic E-state index is 5.73. The number of nitrogens with one attached hydrogen (secondary N) is 1. The minimum Gasteiger partial charge on any atom is -0.497 e. The fraction of sp³-hybridized carbons (Fsp3) is 0.333. The zero-order valence-corrected chi connectivity index (χ0v) is 16.6. The van der Waals surface area contributed by atoms with Gasteiger partial charge in [0, 0.05) is 24.1 Å². The molecule has 0 aliphatic carbocycles. The summed E-state index contributed by atoms with van der Waals surface area (Å²) in [4.78, 5) is 1.49. The molecule has 1 atom stereocenters. The van der Waals surface area contributed by atoms with Gasteiger partial charge >= 0.3 is 0 Å². The molecule has 1 aliphatic heterocycles. The summed E-state index contributed by atoms with van der Waals surface area (Å²) in [7, 11) is 1.68. The van der Waals surface area contributed by atoms with Gasteiger partial charge in [-0.2, -0.15) is 4.68 Å². The summed E-state index contributed by atoms with van der Waals surface area (Å²) in [6, 6.07) is 16.7. The Bertz CT molecular complexity index is 990. The van der Waals surface area contributed by atoms with Gasteiger partial charge in [0.25, 0.3) is 0 Å². The van der Waals surface area contributed by atoms with Crippen LogP contribution in [0.25, 0.3) is 11.4 Å². The smallest absolute Gasteiger partial charge is 0.203 e. The van der Waals surface area contributed by atoms with Crippen molar-refractivity contribution >= 4 is 12.2 Å². The van der Waals surface area contributed by atoms with E-state index < -0.39 is 0 Å². The number of ether oxygens (including phenoxy) is 1. The maximum absolute atomic E-state index is 5.73. The van der Waals surface area contributed by atoms with Gasteiger partial charge in [-0.1, -0.05) is 24.3 Å². The van der Waals surface area contributed by atoms with E-state index in [0.717, 1.165) is 54.6 Å². The molecule has 0 spiro atoms. The minimum atomic E-state index is 0.787. The van der Waals surface area contributed by atoms with Crippen LogP contribution in [0.15, 0.2) is 48.5 Å². The quantitative estimate of drug-likeness (QED) is 0.691. The van der Waals surface area contributed by atoms with Crippen LogP contribution in [-0.2, 0) is 26.2 Å². The lowest BCUT2D eigenvalue weighted by atomic mass is 10.0. The van der Waals surface area contributed by atoms with Gasteiger partial charge in [-0.05, 0) is 49.0 Å². The molecule has 1 aromatic heterocycles. The van der Waals surface area contributed by atoms with Gasteiger partial charge in [-0.15, -0.1) is 5.10 Å². The molecule has 0 radical (unpaired) electrons. The molecule has 6 heteroatoms. The summed E-state index contributed by atoms with van der Waals surface area (Å²) in [5.41, 5.74) is 3.97. The Hall–Kier alpha value is -2.44. The molecule has 27 heavy (non-hydrogen) atoms. The number of hydrogen-bond acceptors (Lipinski definition) is 3. The van der Waals surface area contributed by atoms with Crippen LogP contribution in [0, 0.1) is 4.77 Å². The first-order valence-electron chi connectivity index (χ1n) is 9.42. The van der Waals surface area contributed by atoms with Crippen molar-refractivity contribution in [3.63, 3.8) is 0 Å². The Morgan fingerprint density at radius 2 is 1.85 bits per heavy atom. The lowest BCUT2D eigenvalue weighted by Crippen LogP contribution is -3.11. The summed E-state index contributed by atoms with van der Waals surface area (Å²) in [5.74, 6) is 1.76. The second kappa shape index (κ2) is 7.66. The van der Waals surface area contributed by atoms with Gasteiger partial charge in [0.2, 0.25) is 4.77 Å². The first-order chi connectivity index (χ1) is 13.2. The van der Waals surface area contributed by atoms with Crippen LogP contribution < -0.4 is 9.64 Å². The number of benzene rings is 2. The minimum absolute atomic E-state index is 0.787. The summed E-state index contributed by atoms with van der Waals surface area (Å²) in [6.07, 6.45) is 1.11. The first-order valence-corrected chi connectivity index (χ1v) is 9.83. The van der Waals surface area contributed by atoms with Crippen molar-refractivity contribution in [1.82, 2.24) is 14.3 Å². The molecule has 1 unspecified atom stereocenters. The number of hydrogen-bond donors (Lipinski definition) is 1. The van der Waals surface area contributed by atoms with Gasteiger partial charge in [0.15, 0.2) is 12.5 Å². The largest absolute Gasteiger partial charge is 0.497 e. The summed E-state index contributed by atoms with van der Waals surface area (Å²) >= 11 is 5.73. The number of quaternary nitrogens is 1. The van der Waals surface area contributed by atoms with Crippen molar-refractivity contribution in [3.05, 3.63) is 64.4 Å². The zero-order valence-electron chi connectivity index (χ0n) is 15.8. The second-order valence-electron chi connectivity index (χ2n) is 6.93. The van der Waals surface area contributed by atoms with Crippen molar-refractivity contribution < 1.29 is 9.64 Å². The van der Waals surface area contributed by atoms with E-state index in [0.29, 0.717) is 0 Å². The molecule has 0 bridgehead atoms. The molecule has 0 fully saturated rings. The van der Waals surface area contributed by atoms with Crippen molar-refractivity contribution in [2.45, 2.75) is 33.1 Å². The Morgan fingerprint density at radius 3 is 2.56 bits per heavy atom. The van der Waals surface area contributed by atoms with Gasteiger partial charge in [-0.25, -0.2) is 0 Å². The zero-order chi connectivity index (χ0) is 18.8. The molecule has 2 aromatic carbocycles. The summed E-state index contributed by atoms with van der Waals surface area (Å²) in [6.45, 7) is 5.84. The molecule has 5 nitrogen and oxygen atoms in total. The Kier molecular flexibility index (Phi) is 5.09. The first kappa shape index (κ1) is 17.9. The highest BCUT2D eigenvalue weighted by molar-refractivity contribution is 7.71. The number of aromatic nitrogens is 3. The predicted molar refractivity (Wildman–Crippen MR) is 108 cm³/mol. The van der Waals surface area contributed by atoms with E-state index in [1.165, 1.54) is 16.0 Å². The van der Waals surface area contributed by atoms with Crippen LogP contribution in [0.2, 0.25) is 0 Å². The number of nitrogens with zero attached hydrogens (tertiary/aromatic N) is 3. The van der Waals surface area contributed by atoms with Crippen LogP contribution in [0.5, 0.6) is 5.75 Å². The van der Waals surface area contributed by atoms with Crippen molar-refractivity contribution in [1.29, 1.82) is 0 Å². The normalized spacial score (nSPS) is 16.1. The van der Waals surface area contributed by atoms with Crippen LogP contribution in [0.4, 0.5) is 0 Å². The Balaban J connectivity index is 1.60. The molecule has 0 saturated heterocycles. The number of fused-ring (bicyclic) bond motifs is 1. The SMILES string of the molecule is CCn1c(-c2ccc(OC)cc2)nn(C[NH+]2CCc3ccccc3C2)c1=S. The molecule has 4 rings (SSSR count). The van der Waals surface area contributed by atoms with E-state index in [1.54, 1.807) is 7.11 Å².